The molecule has 0 saturated heterocycles. The number of likely N-dealkylation sites (N-methyl/N-ethyl adjacent to an activating group) is 1. The Morgan fingerprint density at radius 3 is 2.65 bits per heavy atom. The Morgan fingerprint density at radius 2 is 2.18 bits per heavy atom. The largest absolute Gasteiger partial charge is 0.478 e. The van der Waals surface area contributed by atoms with Crippen LogP contribution in [0.15, 0.2) is 18.2 Å². The molecule has 0 amide bonds. The van der Waals surface area contributed by atoms with E-state index in [4.69, 9.17) is 5.11 Å². The highest BCUT2D eigenvalue weighted by molar-refractivity contribution is 5.88. The molecule has 1 unspecified atom stereocenters. The summed E-state index contributed by atoms with van der Waals surface area (Å²) in [5, 5.41) is 11.7. The van der Waals surface area contributed by atoms with Gasteiger partial charge in [-0.3, -0.25) is 0 Å². The third-order valence-electron chi connectivity index (χ3n) is 2.26. The van der Waals surface area contributed by atoms with E-state index in [1.807, 2.05) is 25.9 Å². The fraction of sp³-hybridized carbons (Fsp3) is 0.417. The second-order valence-corrected chi connectivity index (χ2v) is 4.31. The third kappa shape index (κ3) is 4.03. The molecule has 1 atom stereocenters. The van der Waals surface area contributed by atoms with Gasteiger partial charge in [0, 0.05) is 12.6 Å². The van der Waals surface area contributed by atoms with Crippen LogP contribution in [0.4, 0.5) is 10.1 Å². The van der Waals surface area contributed by atoms with Gasteiger partial charge in [-0.25, -0.2) is 9.18 Å². The van der Waals surface area contributed by atoms with Crippen molar-refractivity contribution in [3.8, 4) is 0 Å². The molecule has 0 bridgehead atoms. The molecule has 0 aromatic heterocycles. The molecular weight excluding hydrogens is 223 g/mol. The van der Waals surface area contributed by atoms with Crippen LogP contribution in [0.2, 0.25) is 0 Å². The molecule has 0 aliphatic heterocycles. The van der Waals surface area contributed by atoms with Crippen molar-refractivity contribution in [3.63, 3.8) is 0 Å². The highest BCUT2D eigenvalue weighted by Crippen LogP contribution is 2.16. The van der Waals surface area contributed by atoms with Gasteiger partial charge < -0.3 is 15.3 Å². The van der Waals surface area contributed by atoms with Crippen molar-refractivity contribution in [2.75, 3.05) is 26.0 Å². The molecule has 17 heavy (non-hydrogen) atoms. The summed E-state index contributed by atoms with van der Waals surface area (Å²) in [6, 6.07) is 3.93. The first-order valence-corrected chi connectivity index (χ1v) is 5.34. The van der Waals surface area contributed by atoms with Crippen LogP contribution in [0.25, 0.3) is 0 Å². The Hall–Kier alpha value is -1.62. The SMILES string of the molecule is CC(CN(C)C)Nc1ccc(C(=O)O)cc1F. The van der Waals surface area contributed by atoms with Crippen LogP contribution in [0.5, 0.6) is 0 Å². The van der Waals surface area contributed by atoms with Crippen molar-refractivity contribution < 1.29 is 14.3 Å². The highest BCUT2D eigenvalue weighted by atomic mass is 19.1. The van der Waals surface area contributed by atoms with E-state index in [1.54, 1.807) is 0 Å². The fourth-order valence-electron chi connectivity index (χ4n) is 1.62. The molecule has 1 aromatic rings. The van der Waals surface area contributed by atoms with Crippen LogP contribution in [-0.2, 0) is 0 Å². The summed E-state index contributed by atoms with van der Waals surface area (Å²) in [5.41, 5.74) is 0.276. The topological polar surface area (TPSA) is 52.6 Å². The van der Waals surface area contributed by atoms with Crippen molar-refractivity contribution in [2.24, 2.45) is 0 Å². The van der Waals surface area contributed by atoms with Gasteiger partial charge in [0.05, 0.1) is 11.3 Å². The molecule has 4 nitrogen and oxygen atoms in total. The van der Waals surface area contributed by atoms with Crippen molar-refractivity contribution in [2.45, 2.75) is 13.0 Å². The molecule has 0 aliphatic carbocycles. The average Bonchev–Trinajstić information content (AvgIpc) is 2.19. The van der Waals surface area contributed by atoms with E-state index < -0.39 is 11.8 Å². The lowest BCUT2D eigenvalue weighted by Gasteiger charge is -2.19. The van der Waals surface area contributed by atoms with Crippen molar-refractivity contribution in [1.29, 1.82) is 0 Å². The van der Waals surface area contributed by atoms with Gasteiger partial charge in [0.25, 0.3) is 0 Å². The Balaban J connectivity index is 2.75. The zero-order valence-electron chi connectivity index (χ0n) is 10.2. The molecule has 5 heteroatoms. The maximum absolute atomic E-state index is 13.6. The van der Waals surface area contributed by atoms with E-state index >= 15 is 0 Å². The molecule has 2 N–H and O–H groups in total. The summed E-state index contributed by atoms with van der Waals surface area (Å²) in [4.78, 5) is 12.6. The maximum Gasteiger partial charge on any atom is 0.335 e. The predicted octanol–water partition coefficient (Wildman–Crippen LogP) is 1.89. The van der Waals surface area contributed by atoms with Gasteiger partial charge >= 0.3 is 5.97 Å². The average molecular weight is 240 g/mol. The predicted molar refractivity (Wildman–Crippen MR) is 65.0 cm³/mol. The Morgan fingerprint density at radius 1 is 1.53 bits per heavy atom. The number of nitrogens with one attached hydrogen (secondary N) is 1. The molecule has 0 aliphatic rings. The molecule has 1 aromatic carbocycles. The number of anilines is 1. The van der Waals surface area contributed by atoms with Crippen LogP contribution in [-0.4, -0.2) is 42.7 Å². The van der Waals surface area contributed by atoms with Crippen molar-refractivity contribution in [3.05, 3.63) is 29.6 Å². The number of hydrogen-bond donors (Lipinski definition) is 2. The summed E-state index contributed by atoms with van der Waals surface area (Å²) >= 11 is 0. The normalized spacial score (nSPS) is 12.5. The highest BCUT2D eigenvalue weighted by Gasteiger charge is 2.10. The molecule has 0 spiro atoms. The lowest BCUT2D eigenvalue weighted by molar-refractivity contribution is 0.0696. The Kier molecular flexibility index (Phi) is 4.45. The van der Waals surface area contributed by atoms with Gasteiger partial charge in [0.2, 0.25) is 0 Å². The molecule has 1 rings (SSSR count). The lowest BCUT2D eigenvalue weighted by Crippen LogP contribution is -2.29. The first kappa shape index (κ1) is 13.4. The number of rotatable bonds is 5. The molecule has 0 saturated carbocycles. The summed E-state index contributed by atoms with van der Waals surface area (Å²) in [6.07, 6.45) is 0. The zero-order chi connectivity index (χ0) is 13.0. The summed E-state index contributed by atoms with van der Waals surface area (Å²) in [7, 11) is 3.87. The van der Waals surface area contributed by atoms with Crippen molar-refractivity contribution >= 4 is 11.7 Å². The quantitative estimate of drug-likeness (QED) is 0.825. The first-order chi connectivity index (χ1) is 7.90. The molecule has 0 heterocycles. The number of carbonyl (C=O) groups is 1. The van der Waals surface area contributed by atoms with Gasteiger partial charge in [0.1, 0.15) is 5.82 Å². The number of halogens is 1. The zero-order valence-corrected chi connectivity index (χ0v) is 10.2. The minimum Gasteiger partial charge on any atom is -0.478 e. The van der Waals surface area contributed by atoms with E-state index in [9.17, 15) is 9.18 Å². The Labute approximate surface area is 100 Å². The number of hydrogen-bond acceptors (Lipinski definition) is 3. The number of carboxylic acids is 1. The van der Waals surface area contributed by atoms with E-state index in [2.05, 4.69) is 5.32 Å². The first-order valence-electron chi connectivity index (χ1n) is 5.34. The van der Waals surface area contributed by atoms with Crippen LogP contribution in [0.1, 0.15) is 17.3 Å². The minimum absolute atomic E-state index is 0.0479. The number of aromatic carboxylic acids is 1. The van der Waals surface area contributed by atoms with Crippen LogP contribution >= 0.6 is 0 Å². The molecule has 0 radical (unpaired) electrons. The lowest BCUT2D eigenvalue weighted by atomic mass is 10.2. The number of benzene rings is 1. The summed E-state index contributed by atoms with van der Waals surface area (Å²) < 4.78 is 13.6. The van der Waals surface area contributed by atoms with Crippen LogP contribution < -0.4 is 5.32 Å². The van der Waals surface area contributed by atoms with E-state index in [-0.39, 0.29) is 11.6 Å². The smallest absolute Gasteiger partial charge is 0.335 e. The molecular formula is C12H17FN2O2. The third-order valence-corrected chi connectivity index (χ3v) is 2.26. The minimum atomic E-state index is -1.13. The standard InChI is InChI=1S/C12H17FN2O2/c1-8(7-15(2)3)14-11-5-4-9(12(16)17)6-10(11)13/h4-6,8,14H,7H2,1-3H3,(H,16,17). The van der Waals surface area contributed by atoms with E-state index in [1.165, 1.54) is 12.1 Å². The second kappa shape index (κ2) is 5.63. The van der Waals surface area contributed by atoms with Gasteiger partial charge in [0.15, 0.2) is 0 Å². The fourth-order valence-corrected chi connectivity index (χ4v) is 1.62. The second-order valence-electron chi connectivity index (χ2n) is 4.31. The molecule has 0 fully saturated rings. The van der Waals surface area contributed by atoms with Gasteiger partial charge in [-0.05, 0) is 39.2 Å². The molecule has 94 valence electrons. The number of carboxylic acid groups (broad SMARTS) is 1. The maximum atomic E-state index is 13.6. The number of nitrogens with zero attached hydrogens (tertiary/aromatic N) is 1. The van der Waals surface area contributed by atoms with Crippen LogP contribution in [0, 0.1) is 5.82 Å². The van der Waals surface area contributed by atoms with Gasteiger partial charge in [-0.1, -0.05) is 0 Å². The summed E-state index contributed by atoms with van der Waals surface area (Å²) in [5.74, 6) is -1.67. The van der Waals surface area contributed by atoms with Gasteiger partial charge in [-0.2, -0.15) is 0 Å². The van der Waals surface area contributed by atoms with Gasteiger partial charge in [-0.15, -0.1) is 0 Å². The Bertz CT molecular complexity index is 407. The monoisotopic (exact) mass is 240 g/mol. The van der Waals surface area contributed by atoms with Crippen molar-refractivity contribution in [1.82, 2.24) is 4.90 Å². The van der Waals surface area contributed by atoms with Crippen LogP contribution in [0.3, 0.4) is 0 Å². The van der Waals surface area contributed by atoms with E-state index in [0.717, 1.165) is 12.6 Å². The summed E-state index contributed by atoms with van der Waals surface area (Å²) in [6.45, 7) is 2.70. The van der Waals surface area contributed by atoms with E-state index in [0.29, 0.717) is 5.69 Å².